The molecule has 0 aromatic carbocycles. The molecular formula is C14H29ClMgO. The third kappa shape index (κ3) is 11.5. The van der Waals surface area contributed by atoms with Gasteiger partial charge in [0.1, 0.15) is 6.29 Å². The summed E-state index contributed by atoms with van der Waals surface area (Å²) in [6.45, 7) is 4.35. The highest BCUT2D eigenvalue weighted by atomic mass is 35.5. The number of unbranched alkanes of at least 4 members (excludes halogenated alkanes) is 6. The van der Waals surface area contributed by atoms with Crippen LogP contribution in [0.15, 0.2) is 0 Å². The van der Waals surface area contributed by atoms with Gasteiger partial charge in [-0.3, -0.25) is 0 Å². The van der Waals surface area contributed by atoms with Crippen molar-refractivity contribution >= 4 is 40.9 Å². The van der Waals surface area contributed by atoms with Crippen LogP contribution >= 0.6 is 11.6 Å². The summed E-state index contributed by atoms with van der Waals surface area (Å²) in [6, 6.07) is 0. The second-order valence-corrected chi connectivity index (χ2v) is 5.53. The summed E-state index contributed by atoms with van der Waals surface area (Å²) < 4.78 is 0. The number of hydrogen-bond donors (Lipinski definition) is 0. The molecule has 3 heteroatoms. The first-order valence-electron chi connectivity index (χ1n) is 6.83. The minimum absolute atomic E-state index is 0. The van der Waals surface area contributed by atoms with E-state index >= 15 is 0 Å². The second-order valence-electron chi connectivity index (χ2n) is 4.77. The highest BCUT2D eigenvalue weighted by Gasteiger charge is 2.24. The van der Waals surface area contributed by atoms with E-state index < -0.39 is 4.87 Å². The van der Waals surface area contributed by atoms with Gasteiger partial charge in [0, 0.05) is 0 Å². The molecule has 0 saturated carbocycles. The summed E-state index contributed by atoms with van der Waals surface area (Å²) in [6.07, 6.45) is 12.3. The van der Waals surface area contributed by atoms with Crippen molar-refractivity contribution in [3.8, 4) is 0 Å². The number of rotatable bonds is 11. The topological polar surface area (TPSA) is 17.1 Å². The summed E-state index contributed by atoms with van der Waals surface area (Å²) >= 11 is 6.27. The molecule has 0 heterocycles. The van der Waals surface area contributed by atoms with Crippen LogP contribution in [0, 0.1) is 0 Å². The van der Waals surface area contributed by atoms with Gasteiger partial charge in [0.25, 0.3) is 0 Å². The molecule has 0 saturated heterocycles. The van der Waals surface area contributed by atoms with Crippen LogP contribution in [0.25, 0.3) is 0 Å². The molecule has 0 fully saturated rings. The van der Waals surface area contributed by atoms with Gasteiger partial charge < -0.3 is 4.79 Å². The summed E-state index contributed by atoms with van der Waals surface area (Å²) in [7, 11) is 0. The third-order valence-electron chi connectivity index (χ3n) is 3.10. The molecule has 0 spiro atoms. The predicted molar refractivity (Wildman–Crippen MR) is 80.7 cm³/mol. The average molecular weight is 273 g/mol. The quantitative estimate of drug-likeness (QED) is 0.239. The van der Waals surface area contributed by atoms with Crippen molar-refractivity contribution in [1.82, 2.24) is 0 Å². The molecule has 0 N–H and O–H groups in total. The first kappa shape index (κ1) is 20.1. The van der Waals surface area contributed by atoms with Gasteiger partial charge in [-0.25, -0.2) is 0 Å². The maximum atomic E-state index is 11.0. The van der Waals surface area contributed by atoms with Gasteiger partial charge in [-0.1, -0.05) is 65.2 Å². The van der Waals surface area contributed by atoms with Crippen LogP contribution in [0.2, 0.25) is 0 Å². The van der Waals surface area contributed by atoms with Crippen molar-refractivity contribution in [2.75, 3.05) is 0 Å². The lowest BCUT2D eigenvalue weighted by atomic mass is 9.95. The van der Waals surface area contributed by atoms with Gasteiger partial charge >= 0.3 is 23.1 Å². The Bertz CT molecular complexity index is 176. The van der Waals surface area contributed by atoms with E-state index in [9.17, 15) is 4.79 Å². The first-order valence-corrected chi connectivity index (χ1v) is 7.21. The van der Waals surface area contributed by atoms with E-state index in [4.69, 9.17) is 11.6 Å². The molecule has 0 aromatic rings. The molecule has 1 unspecified atom stereocenters. The minimum Gasteiger partial charge on any atom is -0.301 e. The lowest BCUT2D eigenvalue weighted by Gasteiger charge is -2.19. The van der Waals surface area contributed by atoms with Crippen LogP contribution in [0.3, 0.4) is 0 Å². The Labute approximate surface area is 128 Å². The lowest BCUT2D eigenvalue weighted by Crippen LogP contribution is -2.23. The fraction of sp³-hybridized carbons (Fsp3) is 0.929. The Balaban J connectivity index is 0. The van der Waals surface area contributed by atoms with E-state index in [1.165, 1.54) is 32.1 Å². The molecule has 1 atom stereocenters. The zero-order chi connectivity index (χ0) is 12.3. The Kier molecular flexibility index (Phi) is 15.5. The van der Waals surface area contributed by atoms with Crippen LogP contribution in [0.4, 0.5) is 0 Å². The molecule has 0 aliphatic heterocycles. The van der Waals surface area contributed by atoms with Gasteiger partial charge in [0.2, 0.25) is 0 Å². The Morgan fingerprint density at radius 2 is 1.35 bits per heavy atom. The van der Waals surface area contributed by atoms with E-state index in [2.05, 4.69) is 13.8 Å². The van der Waals surface area contributed by atoms with Crippen molar-refractivity contribution in [1.29, 1.82) is 0 Å². The molecule has 100 valence electrons. The zero-order valence-corrected chi connectivity index (χ0v) is 11.7. The van der Waals surface area contributed by atoms with Crippen LogP contribution in [-0.2, 0) is 4.79 Å². The third-order valence-corrected chi connectivity index (χ3v) is 3.57. The molecular weight excluding hydrogens is 244 g/mol. The summed E-state index contributed by atoms with van der Waals surface area (Å²) in [5.41, 5.74) is 0. The predicted octanol–water partition coefficient (Wildman–Crippen LogP) is 4.19. The molecule has 17 heavy (non-hydrogen) atoms. The Morgan fingerprint density at radius 3 is 1.88 bits per heavy atom. The lowest BCUT2D eigenvalue weighted by molar-refractivity contribution is -0.110. The largest absolute Gasteiger partial charge is 0.316 e. The van der Waals surface area contributed by atoms with E-state index in [1.54, 1.807) is 0 Å². The van der Waals surface area contributed by atoms with Crippen LogP contribution in [-0.4, -0.2) is 34.2 Å². The van der Waals surface area contributed by atoms with E-state index in [-0.39, 0.29) is 23.1 Å². The van der Waals surface area contributed by atoms with Gasteiger partial charge in [0.15, 0.2) is 0 Å². The summed E-state index contributed by atoms with van der Waals surface area (Å²) in [5.74, 6) is 0. The molecule has 1 nitrogen and oxygen atoms in total. The standard InChI is InChI=1S/C14H27ClO.Mg.2H/c1-3-5-7-8-9-10-12-14(15,13-16)11-6-4-2;;;/h13H,3-12H2,1-2H3;;;. The van der Waals surface area contributed by atoms with Crippen molar-refractivity contribution in [2.45, 2.75) is 82.9 Å². The Hall–Kier alpha value is 0.726. The molecule has 0 rings (SSSR count). The van der Waals surface area contributed by atoms with Crippen molar-refractivity contribution in [2.24, 2.45) is 0 Å². The highest BCUT2D eigenvalue weighted by Crippen LogP contribution is 2.27. The summed E-state index contributed by atoms with van der Waals surface area (Å²) in [5, 5.41) is 0. The number of carbonyl (C=O) groups is 1. The number of aldehydes is 1. The van der Waals surface area contributed by atoms with Gasteiger partial charge in [-0.05, 0) is 12.8 Å². The summed E-state index contributed by atoms with van der Waals surface area (Å²) in [4.78, 5) is 10.4. The number of alkyl halides is 1. The van der Waals surface area contributed by atoms with Gasteiger partial charge in [0.05, 0.1) is 4.87 Å². The molecule has 0 aliphatic rings. The van der Waals surface area contributed by atoms with Gasteiger partial charge in [-0.2, -0.15) is 0 Å². The van der Waals surface area contributed by atoms with Crippen molar-refractivity contribution in [3.63, 3.8) is 0 Å². The number of carbonyl (C=O) groups excluding carboxylic acids is 1. The highest BCUT2D eigenvalue weighted by molar-refractivity contribution is 6.31. The molecule has 0 aromatic heterocycles. The minimum atomic E-state index is -0.569. The second kappa shape index (κ2) is 13.2. The maximum Gasteiger partial charge on any atom is 0.316 e. The Morgan fingerprint density at radius 1 is 0.882 bits per heavy atom. The van der Waals surface area contributed by atoms with E-state index in [1.807, 2.05) is 0 Å². The smallest absolute Gasteiger partial charge is 0.301 e. The normalized spacial score (nSPS) is 13.8. The molecule has 0 amide bonds. The van der Waals surface area contributed by atoms with Crippen molar-refractivity contribution in [3.05, 3.63) is 0 Å². The molecule has 0 aliphatic carbocycles. The van der Waals surface area contributed by atoms with Crippen LogP contribution < -0.4 is 0 Å². The van der Waals surface area contributed by atoms with Crippen LogP contribution in [0.1, 0.15) is 78.1 Å². The fourth-order valence-electron chi connectivity index (χ4n) is 1.91. The zero-order valence-electron chi connectivity index (χ0n) is 10.9. The fourth-order valence-corrected chi connectivity index (χ4v) is 2.18. The monoisotopic (exact) mass is 272 g/mol. The van der Waals surface area contributed by atoms with Crippen molar-refractivity contribution < 1.29 is 4.79 Å². The number of halogens is 1. The first-order chi connectivity index (χ1) is 7.68. The maximum absolute atomic E-state index is 11.0. The SMILES string of the molecule is CCCCCCCCC(Cl)(C=O)CCCC.[MgH2]. The average Bonchev–Trinajstić information content (AvgIpc) is 2.31. The molecule has 0 bridgehead atoms. The van der Waals surface area contributed by atoms with Crippen LogP contribution in [0.5, 0.6) is 0 Å². The van der Waals surface area contributed by atoms with E-state index in [0.717, 1.165) is 38.4 Å². The number of hydrogen-bond acceptors (Lipinski definition) is 1. The van der Waals surface area contributed by atoms with E-state index in [0.29, 0.717) is 0 Å². The van der Waals surface area contributed by atoms with Gasteiger partial charge in [-0.15, -0.1) is 11.6 Å². The molecule has 0 radical (unpaired) electrons.